The van der Waals surface area contributed by atoms with E-state index in [4.69, 9.17) is 4.74 Å². The van der Waals surface area contributed by atoms with E-state index in [9.17, 15) is 0 Å². The Morgan fingerprint density at radius 3 is 2.89 bits per heavy atom. The van der Waals surface area contributed by atoms with Crippen LogP contribution < -0.4 is 5.32 Å². The summed E-state index contributed by atoms with van der Waals surface area (Å²) >= 11 is 2.44. The predicted octanol–water partition coefficient (Wildman–Crippen LogP) is 2.41. The standard InChI is InChI=1S/C15H23IN2O/c1-13-4-2-5-14(15(13)16)12-17-6-3-7-18-8-10-19-11-9-18/h2,4-5,17H,3,6-12H2,1H3. The molecule has 106 valence electrons. The van der Waals surface area contributed by atoms with Gasteiger partial charge >= 0.3 is 0 Å². The van der Waals surface area contributed by atoms with Gasteiger partial charge in [-0.3, -0.25) is 4.90 Å². The lowest BCUT2D eigenvalue weighted by atomic mass is 10.1. The lowest BCUT2D eigenvalue weighted by Gasteiger charge is -2.26. The summed E-state index contributed by atoms with van der Waals surface area (Å²) in [4.78, 5) is 2.49. The van der Waals surface area contributed by atoms with Gasteiger partial charge in [-0.2, -0.15) is 0 Å². The van der Waals surface area contributed by atoms with E-state index in [1.54, 1.807) is 0 Å². The second kappa shape index (κ2) is 8.19. The molecular weight excluding hydrogens is 351 g/mol. The normalized spacial score (nSPS) is 16.7. The van der Waals surface area contributed by atoms with Gasteiger partial charge in [0, 0.05) is 23.2 Å². The summed E-state index contributed by atoms with van der Waals surface area (Å²) in [6, 6.07) is 6.52. The fourth-order valence-corrected chi connectivity index (χ4v) is 2.87. The Kier molecular flexibility index (Phi) is 6.56. The van der Waals surface area contributed by atoms with Crippen LogP contribution in [0.25, 0.3) is 0 Å². The second-order valence-corrected chi connectivity index (χ2v) is 6.11. The Balaban J connectivity index is 1.62. The zero-order chi connectivity index (χ0) is 13.5. The lowest BCUT2D eigenvalue weighted by Crippen LogP contribution is -2.37. The molecule has 1 aromatic rings. The van der Waals surface area contributed by atoms with Crippen LogP contribution in [0.2, 0.25) is 0 Å². The fourth-order valence-electron chi connectivity index (χ4n) is 2.32. The van der Waals surface area contributed by atoms with E-state index < -0.39 is 0 Å². The molecule has 0 bridgehead atoms. The van der Waals surface area contributed by atoms with Gasteiger partial charge in [-0.25, -0.2) is 0 Å². The van der Waals surface area contributed by atoms with Crippen molar-refractivity contribution in [3.05, 3.63) is 32.9 Å². The number of benzene rings is 1. The van der Waals surface area contributed by atoms with E-state index >= 15 is 0 Å². The molecule has 0 atom stereocenters. The number of hydrogen-bond acceptors (Lipinski definition) is 3. The molecule has 0 aromatic heterocycles. The minimum Gasteiger partial charge on any atom is -0.379 e. The summed E-state index contributed by atoms with van der Waals surface area (Å²) in [6.07, 6.45) is 1.21. The number of hydrogen-bond donors (Lipinski definition) is 1. The van der Waals surface area contributed by atoms with Crippen molar-refractivity contribution in [3.8, 4) is 0 Å². The third-order valence-corrected chi connectivity index (χ3v) is 5.06. The lowest BCUT2D eigenvalue weighted by molar-refractivity contribution is 0.0374. The zero-order valence-corrected chi connectivity index (χ0v) is 13.8. The minimum absolute atomic E-state index is 0.898. The summed E-state index contributed by atoms with van der Waals surface area (Å²) in [5.41, 5.74) is 2.78. The monoisotopic (exact) mass is 374 g/mol. The largest absolute Gasteiger partial charge is 0.379 e. The topological polar surface area (TPSA) is 24.5 Å². The van der Waals surface area contributed by atoms with E-state index in [-0.39, 0.29) is 0 Å². The molecule has 4 heteroatoms. The molecule has 1 fully saturated rings. The molecular formula is C15H23IN2O. The van der Waals surface area contributed by atoms with Crippen LogP contribution in [0.15, 0.2) is 18.2 Å². The molecule has 3 nitrogen and oxygen atoms in total. The van der Waals surface area contributed by atoms with Gasteiger partial charge in [0.1, 0.15) is 0 Å². The van der Waals surface area contributed by atoms with Crippen molar-refractivity contribution >= 4 is 22.6 Å². The van der Waals surface area contributed by atoms with Gasteiger partial charge in [0.2, 0.25) is 0 Å². The molecule has 0 aliphatic carbocycles. The Hall–Kier alpha value is -0.170. The Labute approximate surface area is 129 Å². The molecule has 1 heterocycles. The van der Waals surface area contributed by atoms with Crippen LogP contribution in [-0.2, 0) is 11.3 Å². The van der Waals surface area contributed by atoms with Crippen molar-refractivity contribution in [2.45, 2.75) is 19.9 Å². The van der Waals surface area contributed by atoms with Gasteiger partial charge in [-0.1, -0.05) is 18.2 Å². The highest BCUT2D eigenvalue weighted by molar-refractivity contribution is 14.1. The maximum absolute atomic E-state index is 5.35. The molecule has 1 aliphatic heterocycles. The average Bonchev–Trinajstić information content (AvgIpc) is 2.44. The van der Waals surface area contributed by atoms with E-state index in [1.807, 2.05) is 0 Å². The number of nitrogens with zero attached hydrogens (tertiary/aromatic N) is 1. The molecule has 0 unspecified atom stereocenters. The van der Waals surface area contributed by atoms with Crippen molar-refractivity contribution in [1.29, 1.82) is 0 Å². The average molecular weight is 374 g/mol. The van der Waals surface area contributed by atoms with Crippen LogP contribution >= 0.6 is 22.6 Å². The van der Waals surface area contributed by atoms with Crippen molar-refractivity contribution < 1.29 is 4.74 Å². The Morgan fingerprint density at radius 1 is 1.32 bits per heavy atom. The first kappa shape index (κ1) is 15.2. The third kappa shape index (κ3) is 5.02. The molecule has 0 saturated carbocycles. The first-order chi connectivity index (χ1) is 9.27. The van der Waals surface area contributed by atoms with Crippen molar-refractivity contribution in [2.75, 3.05) is 39.4 Å². The number of aryl methyl sites for hydroxylation is 1. The SMILES string of the molecule is Cc1cccc(CNCCCN2CCOCC2)c1I. The summed E-state index contributed by atoms with van der Waals surface area (Å²) < 4.78 is 6.74. The van der Waals surface area contributed by atoms with Crippen LogP contribution in [0.4, 0.5) is 0 Å². The highest BCUT2D eigenvalue weighted by Crippen LogP contribution is 2.16. The van der Waals surface area contributed by atoms with Gasteiger partial charge in [0.05, 0.1) is 13.2 Å². The maximum atomic E-state index is 5.35. The van der Waals surface area contributed by atoms with Gasteiger partial charge in [-0.05, 0) is 60.2 Å². The Bertz CT molecular complexity index is 392. The summed E-state index contributed by atoms with van der Waals surface area (Å²) in [7, 11) is 0. The first-order valence-corrected chi connectivity index (χ1v) is 8.10. The van der Waals surface area contributed by atoms with Crippen LogP contribution in [-0.4, -0.2) is 44.3 Å². The molecule has 2 rings (SSSR count). The van der Waals surface area contributed by atoms with Gasteiger partial charge in [-0.15, -0.1) is 0 Å². The highest BCUT2D eigenvalue weighted by Gasteiger charge is 2.09. The smallest absolute Gasteiger partial charge is 0.0594 e. The number of nitrogens with one attached hydrogen (secondary N) is 1. The van der Waals surface area contributed by atoms with Crippen molar-refractivity contribution in [3.63, 3.8) is 0 Å². The van der Waals surface area contributed by atoms with Crippen LogP contribution in [0.3, 0.4) is 0 Å². The second-order valence-electron chi connectivity index (χ2n) is 5.03. The first-order valence-electron chi connectivity index (χ1n) is 7.02. The minimum atomic E-state index is 0.898. The Morgan fingerprint density at radius 2 is 2.11 bits per heavy atom. The van der Waals surface area contributed by atoms with Gasteiger partial charge in [0.15, 0.2) is 0 Å². The predicted molar refractivity (Wildman–Crippen MR) is 87.5 cm³/mol. The van der Waals surface area contributed by atoms with E-state index in [0.29, 0.717) is 0 Å². The summed E-state index contributed by atoms with van der Waals surface area (Å²) in [5.74, 6) is 0. The number of ether oxygens (including phenoxy) is 1. The number of halogens is 1. The number of rotatable bonds is 6. The third-order valence-electron chi connectivity index (χ3n) is 3.52. The zero-order valence-electron chi connectivity index (χ0n) is 11.6. The van der Waals surface area contributed by atoms with Crippen LogP contribution in [0.5, 0.6) is 0 Å². The molecule has 1 aliphatic rings. The molecule has 0 amide bonds. The summed E-state index contributed by atoms with van der Waals surface area (Å²) in [5, 5.41) is 3.55. The fraction of sp³-hybridized carbons (Fsp3) is 0.600. The quantitative estimate of drug-likeness (QED) is 0.612. The van der Waals surface area contributed by atoms with Gasteiger partial charge < -0.3 is 10.1 Å². The van der Waals surface area contributed by atoms with Crippen molar-refractivity contribution in [2.24, 2.45) is 0 Å². The van der Waals surface area contributed by atoms with E-state index in [0.717, 1.165) is 39.4 Å². The van der Waals surface area contributed by atoms with Crippen LogP contribution in [0, 0.1) is 10.5 Å². The molecule has 19 heavy (non-hydrogen) atoms. The molecule has 0 radical (unpaired) electrons. The van der Waals surface area contributed by atoms with Crippen LogP contribution in [0.1, 0.15) is 17.5 Å². The van der Waals surface area contributed by atoms with Gasteiger partial charge in [0.25, 0.3) is 0 Å². The highest BCUT2D eigenvalue weighted by atomic mass is 127. The van der Waals surface area contributed by atoms with Crippen molar-refractivity contribution in [1.82, 2.24) is 10.2 Å². The molecule has 0 spiro atoms. The summed E-state index contributed by atoms with van der Waals surface area (Å²) in [6.45, 7) is 9.39. The maximum Gasteiger partial charge on any atom is 0.0594 e. The molecule has 1 saturated heterocycles. The molecule has 1 N–H and O–H groups in total. The molecule has 1 aromatic carbocycles. The van der Waals surface area contributed by atoms with E-state index in [1.165, 1.54) is 27.7 Å². The van der Waals surface area contributed by atoms with E-state index in [2.05, 4.69) is 57.9 Å². The number of morpholine rings is 1.